The summed E-state index contributed by atoms with van der Waals surface area (Å²) in [4.78, 5) is 24.6. The number of carbonyl (C=O) groups excluding carboxylic acids is 1. The molecule has 132 valence electrons. The lowest BCUT2D eigenvalue weighted by Gasteiger charge is -2.22. The van der Waals surface area contributed by atoms with Crippen LogP contribution in [0, 0.1) is 11.7 Å². The van der Waals surface area contributed by atoms with E-state index in [4.69, 9.17) is 14.6 Å². The van der Waals surface area contributed by atoms with Gasteiger partial charge in [-0.1, -0.05) is 0 Å². The zero-order valence-electron chi connectivity index (χ0n) is 13.8. The van der Waals surface area contributed by atoms with E-state index in [-0.39, 0.29) is 17.9 Å². The van der Waals surface area contributed by atoms with Crippen molar-refractivity contribution in [2.75, 3.05) is 27.3 Å². The Morgan fingerprint density at radius 3 is 2.50 bits per heavy atom. The number of methoxy groups -OCH3 is 2. The van der Waals surface area contributed by atoms with Gasteiger partial charge in [0.05, 0.1) is 26.2 Å². The van der Waals surface area contributed by atoms with Crippen LogP contribution in [0.4, 0.5) is 9.18 Å². The summed E-state index contributed by atoms with van der Waals surface area (Å²) < 4.78 is 24.4. The van der Waals surface area contributed by atoms with E-state index in [1.54, 1.807) is 6.92 Å². The molecular weight excluding hydrogens is 319 g/mol. The number of amides is 2. The average Bonchev–Trinajstić information content (AvgIpc) is 3.04. The van der Waals surface area contributed by atoms with Crippen LogP contribution in [0.3, 0.4) is 0 Å². The Morgan fingerprint density at radius 2 is 1.96 bits per heavy atom. The maximum absolute atomic E-state index is 14.2. The first kappa shape index (κ1) is 17.8. The molecule has 0 aromatic heterocycles. The molecule has 1 fully saturated rings. The smallest absolute Gasteiger partial charge is 0.317 e. The Hall–Kier alpha value is -2.51. The zero-order valence-corrected chi connectivity index (χ0v) is 13.8. The first-order valence-electron chi connectivity index (χ1n) is 7.57. The Kier molecular flexibility index (Phi) is 5.48. The highest BCUT2D eigenvalue weighted by Crippen LogP contribution is 2.32. The SMILES string of the molecule is COc1cc(F)c(C(C)NC(=O)N2CCC(C(=O)O)C2)cc1OC. The Morgan fingerprint density at radius 1 is 1.33 bits per heavy atom. The van der Waals surface area contributed by atoms with Crippen LogP contribution in [0.25, 0.3) is 0 Å². The molecule has 7 nitrogen and oxygen atoms in total. The van der Waals surface area contributed by atoms with E-state index in [0.717, 1.165) is 0 Å². The minimum absolute atomic E-state index is 0.155. The second-order valence-corrected chi connectivity index (χ2v) is 5.67. The molecule has 0 saturated carbocycles. The van der Waals surface area contributed by atoms with Crippen LogP contribution in [0.5, 0.6) is 11.5 Å². The number of nitrogens with one attached hydrogen (secondary N) is 1. The molecule has 2 rings (SSSR count). The average molecular weight is 340 g/mol. The molecule has 0 spiro atoms. The van der Waals surface area contributed by atoms with Crippen molar-refractivity contribution in [3.8, 4) is 11.5 Å². The predicted molar refractivity (Wildman–Crippen MR) is 83.8 cm³/mol. The number of rotatable bonds is 5. The largest absolute Gasteiger partial charge is 0.493 e. The molecule has 0 aliphatic carbocycles. The van der Waals surface area contributed by atoms with Crippen molar-refractivity contribution in [1.82, 2.24) is 10.2 Å². The third-order valence-corrected chi connectivity index (χ3v) is 4.13. The molecule has 1 aliphatic rings. The standard InChI is InChI=1S/C16H21FN2O5/c1-9(11-6-13(23-2)14(24-3)7-12(11)17)18-16(22)19-5-4-10(8-19)15(20)21/h6-7,9-10H,4-5,8H2,1-3H3,(H,18,22)(H,20,21). The molecule has 1 heterocycles. The van der Waals surface area contributed by atoms with Gasteiger partial charge in [0, 0.05) is 24.7 Å². The first-order valence-corrected chi connectivity index (χ1v) is 7.57. The number of nitrogens with zero attached hydrogens (tertiary/aromatic N) is 1. The maximum atomic E-state index is 14.2. The molecule has 1 aromatic carbocycles. The lowest BCUT2D eigenvalue weighted by molar-refractivity contribution is -0.141. The van der Waals surface area contributed by atoms with Gasteiger partial charge >= 0.3 is 12.0 Å². The van der Waals surface area contributed by atoms with Crippen molar-refractivity contribution in [2.24, 2.45) is 5.92 Å². The molecule has 24 heavy (non-hydrogen) atoms. The summed E-state index contributed by atoms with van der Waals surface area (Å²) in [7, 11) is 2.85. The Labute approximate surface area is 139 Å². The highest BCUT2D eigenvalue weighted by molar-refractivity contribution is 5.77. The molecule has 2 atom stereocenters. The van der Waals surface area contributed by atoms with Crippen LogP contribution >= 0.6 is 0 Å². The minimum atomic E-state index is -0.913. The summed E-state index contributed by atoms with van der Waals surface area (Å²) >= 11 is 0. The van der Waals surface area contributed by atoms with Crippen LogP contribution in [0.1, 0.15) is 24.9 Å². The second kappa shape index (κ2) is 7.37. The van der Waals surface area contributed by atoms with Gasteiger partial charge in [0.15, 0.2) is 11.5 Å². The number of hydrogen-bond acceptors (Lipinski definition) is 4. The third kappa shape index (κ3) is 3.69. The molecule has 8 heteroatoms. The minimum Gasteiger partial charge on any atom is -0.493 e. The fourth-order valence-corrected chi connectivity index (χ4v) is 2.70. The summed E-state index contributed by atoms with van der Waals surface area (Å²) in [6.45, 7) is 2.17. The third-order valence-electron chi connectivity index (χ3n) is 4.13. The zero-order chi connectivity index (χ0) is 17.9. The number of carbonyl (C=O) groups is 2. The molecule has 1 aliphatic heterocycles. The molecule has 2 N–H and O–H groups in total. The van der Waals surface area contributed by atoms with Crippen LogP contribution in [-0.4, -0.2) is 49.3 Å². The summed E-state index contributed by atoms with van der Waals surface area (Å²) in [5.74, 6) is -1.36. The van der Waals surface area contributed by atoms with Gasteiger partial charge in [-0.3, -0.25) is 4.79 Å². The van der Waals surface area contributed by atoms with Gasteiger partial charge in [0.25, 0.3) is 0 Å². The van der Waals surface area contributed by atoms with E-state index in [0.29, 0.717) is 18.7 Å². The van der Waals surface area contributed by atoms with Gasteiger partial charge in [0.1, 0.15) is 5.82 Å². The number of aliphatic carboxylic acids is 1. The molecule has 2 unspecified atom stereocenters. The van der Waals surface area contributed by atoms with E-state index in [1.165, 1.54) is 31.3 Å². The van der Waals surface area contributed by atoms with E-state index in [1.807, 2.05) is 0 Å². The molecule has 2 amide bonds. The summed E-state index contributed by atoms with van der Waals surface area (Å²) in [6.07, 6.45) is 0.419. The monoisotopic (exact) mass is 340 g/mol. The maximum Gasteiger partial charge on any atom is 0.317 e. The van der Waals surface area contributed by atoms with Crippen molar-refractivity contribution < 1.29 is 28.6 Å². The topological polar surface area (TPSA) is 88.1 Å². The van der Waals surface area contributed by atoms with E-state index >= 15 is 0 Å². The Balaban J connectivity index is 2.08. The molecule has 0 bridgehead atoms. The first-order chi connectivity index (χ1) is 11.4. The number of likely N-dealkylation sites (tertiary alicyclic amines) is 1. The molecule has 0 radical (unpaired) electrons. The van der Waals surface area contributed by atoms with Crippen LogP contribution < -0.4 is 14.8 Å². The van der Waals surface area contributed by atoms with Gasteiger partial charge in [-0.15, -0.1) is 0 Å². The van der Waals surface area contributed by atoms with E-state index in [2.05, 4.69) is 5.32 Å². The lowest BCUT2D eigenvalue weighted by atomic mass is 10.1. The summed E-state index contributed by atoms with van der Waals surface area (Å²) in [5.41, 5.74) is 0.259. The van der Waals surface area contributed by atoms with Crippen LogP contribution in [-0.2, 0) is 4.79 Å². The lowest BCUT2D eigenvalue weighted by Crippen LogP contribution is -2.40. The highest BCUT2D eigenvalue weighted by Gasteiger charge is 2.31. The number of hydrogen-bond donors (Lipinski definition) is 2. The summed E-state index contributed by atoms with van der Waals surface area (Å²) in [5, 5.41) is 11.7. The number of carboxylic acid groups (broad SMARTS) is 1. The second-order valence-electron chi connectivity index (χ2n) is 5.67. The fraction of sp³-hybridized carbons (Fsp3) is 0.500. The Bertz CT molecular complexity index is 637. The van der Waals surface area contributed by atoms with Gasteiger partial charge in [-0.2, -0.15) is 0 Å². The molecule has 1 aromatic rings. The van der Waals surface area contributed by atoms with Crippen LogP contribution in [0.2, 0.25) is 0 Å². The normalized spacial score (nSPS) is 18.2. The van der Waals surface area contributed by atoms with Crippen LogP contribution in [0.15, 0.2) is 12.1 Å². The van der Waals surface area contributed by atoms with Crippen molar-refractivity contribution >= 4 is 12.0 Å². The number of halogens is 1. The highest BCUT2D eigenvalue weighted by atomic mass is 19.1. The van der Waals surface area contributed by atoms with Crippen molar-refractivity contribution in [2.45, 2.75) is 19.4 Å². The number of carboxylic acids is 1. The van der Waals surface area contributed by atoms with Gasteiger partial charge < -0.3 is 24.8 Å². The number of benzene rings is 1. The van der Waals surface area contributed by atoms with E-state index in [9.17, 15) is 14.0 Å². The van der Waals surface area contributed by atoms with Crippen molar-refractivity contribution in [3.63, 3.8) is 0 Å². The molecular formula is C16H21FN2O5. The van der Waals surface area contributed by atoms with Crippen molar-refractivity contribution in [1.29, 1.82) is 0 Å². The predicted octanol–water partition coefficient (Wildman–Crippen LogP) is 2.02. The quantitative estimate of drug-likeness (QED) is 0.856. The number of urea groups is 1. The molecule has 1 saturated heterocycles. The van der Waals surface area contributed by atoms with Gasteiger partial charge in [-0.05, 0) is 19.4 Å². The summed E-state index contributed by atoms with van der Waals surface area (Å²) in [6, 6.07) is 1.65. The fourth-order valence-electron chi connectivity index (χ4n) is 2.70. The van der Waals surface area contributed by atoms with Gasteiger partial charge in [-0.25, -0.2) is 9.18 Å². The van der Waals surface area contributed by atoms with E-state index < -0.39 is 29.8 Å². The van der Waals surface area contributed by atoms with Crippen molar-refractivity contribution in [3.05, 3.63) is 23.5 Å². The number of ether oxygens (including phenoxy) is 2. The van der Waals surface area contributed by atoms with Gasteiger partial charge in [0.2, 0.25) is 0 Å².